The normalized spacial score (nSPS) is 16.8. The van der Waals surface area contributed by atoms with Crippen LogP contribution in [0.3, 0.4) is 0 Å². The van der Waals surface area contributed by atoms with Gasteiger partial charge in [-0.2, -0.15) is 22.0 Å². The molecular formula is C9H13F5O2. The van der Waals surface area contributed by atoms with Crippen LogP contribution in [0, 0.1) is 5.41 Å². The SMILES string of the molecule is CCOC(=O)C(C)(CC)C(F)(F)C(F)(F)F. The van der Waals surface area contributed by atoms with Crippen molar-refractivity contribution < 1.29 is 31.5 Å². The molecule has 0 aliphatic carbocycles. The van der Waals surface area contributed by atoms with Crippen LogP contribution in [0.2, 0.25) is 0 Å². The van der Waals surface area contributed by atoms with Crippen molar-refractivity contribution in [2.45, 2.75) is 39.3 Å². The molecule has 7 heteroatoms. The molecule has 16 heavy (non-hydrogen) atoms. The van der Waals surface area contributed by atoms with Crippen molar-refractivity contribution in [3.8, 4) is 0 Å². The molecule has 0 aromatic heterocycles. The molecule has 2 nitrogen and oxygen atoms in total. The summed E-state index contributed by atoms with van der Waals surface area (Å²) in [5.74, 6) is -6.65. The van der Waals surface area contributed by atoms with Crippen LogP contribution in [0.15, 0.2) is 0 Å². The van der Waals surface area contributed by atoms with E-state index in [2.05, 4.69) is 4.74 Å². The number of hydrogen-bond donors (Lipinski definition) is 0. The summed E-state index contributed by atoms with van der Waals surface area (Å²) >= 11 is 0. The summed E-state index contributed by atoms with van der Waals surface area (Å²) in [6.07, 6.45) is -6.44. The summed E-state index contributed by atoms with van der Waals surface area (Å²) in [4.78, 5) is 11.2. The molecule has 0 saturated heterocycles. The summed E-state index contributed by atoms with van der Waals surface area (Å²) in [5.41, 5.74) is -2.89. The average molecular weight is 248 g/mol. The van der Waals surface area contributed by atoms with Crippen LogP contribution in [-0.2, 0) is 9.53 Å². The Balaban J connectivity index is 5.32. The Labute approximate surface area is 89.8 Å². The van der Waals surface area contributed by atoms with Crippen LogP contribution in [0.25, 0.3) is 0 Å². The first-order valence-corrected chi connectivity index (χ1v) is 4.66. The summed E-state index contributed by atoms with van der Waals surface area (Å²) in [5, 5.41) is 0. The maximum absolute atomic E-state index is 13.1. The van der Waals surface area contributed by atoms with Gasteiger partial charge in [-0.25, -0.2) is 0 Å². The van der Waals surface area contributed by atoms with E-state index in [9.17, 15) is 26.7 Å². The highest BCUT2D eigenvalue weighted by Crippen LogP contribution is 2.50. The molecule has 0 spiro atoms. The van der Waals surface area contributed by atoms with Gasteiger partial charge in [-0.3, -0.25) is 4.79 Å². The van der Waals surface area contributed by atoms with Gasteiger partial charge in [0.2, 0.25) is 0 Å². The van der Waals surface area contributed by atoms with Crippen LogP contribution in [0.1, 0.15) is 27.2 Å². The van der Waals surface area contributed by atoms with Gasteiger partial charge in [-0.1, -0.05) is 6.92 Å². The Bertz CT molecular complexity index is 261. The number of ether oxygens (including phenoxy) is 1. The Morgan fingerprint density at radius 2 is 1.56 bits per heavy atom. The molecule has 0 radical (unpaired) electrons. The molecule has 0 amide bonds. The van der Waals surface area contributed by atoms with Gasteiger partial charge in [-0.05, 0) is 20.3 Å². The number of halogens is 5. The van der Waals surface area contributed by atoms with Crippen LogP contribution in [0.4, 0.5) is 22.0 Å². The summed E-state index contributed by atoms with van der Waals surface area (Å²) in [6.45, 7) is 2.72. The van der Waals surface area contributed by atoms with E-state index in [-0.39, 0.29) is 6.61 Å². The van der Waals surface area contributed by atoms with Crippen molar-refractivity contribution in [3.63, 3.8) is 0 Å². The predicted molar refractivity (Wildman–Crippen MR) is 46.0 cm³/mol. The Morgan fingerprint density at radius 1 is 1.12 bits per heavy atom. The van der Waals surface area contributed by atoms with E-state index in [1.807, 2.05) is 0 Å². The van der Waals surface area contributed by atoms with Crippen LogP contribution in [0.5, 0.6) is 0 Å². The van der Waals surface area contributed by atoms with E-state index < -0.39 is 29.9 Å². The minimum Gasteiger partial charge on any atom is -0.465 e. The Kier molecular flexibility index (Phi) is 4.30. The van der Waals surface area contributed by atoms with Gasteiger partial charge in [0, 0.05) is 0 Å². The maximum atomic E-state index is 13.1. The number of rotatable bonds is 4. The molecule has 0 aromatic carbocycles. The molecule has 96 valence electrons. The zero-order valence-electron chi connectivity index (χ0n) is 9.12. The third-order valence-electron chi connectivity index (χ3n) is 2.48. The minimum absolute atomic E-state index is 0.248. The van der Waals surface area contributed by atoms with E-state index >= 15 is 0 Å². The highest BCUT2D eigenvalue weighted by atomic mass is 19.4. The topological polar surface area (TPSA) is 26.3 Å². The maximum Gasteiger partial charge on any atom is 0.454 e. The molecule has 0 rings (SSSR count). The molecule has 0 fully saturated rings. The van der Waals surface area contributed by atoms with E-state index in [0.29, 0.717) is 6.92 Å². The second kappa shape index (κ2) is 4.55. The largest absolute Gasteiger partial charge is 0.465 e. The molecule has 1 unspecified atom stereocenters. The highest BCUT2D eigenvalue weighted by Gasteiger charge is 2.70. The van der Waals surface area contributed by atoms with Gasteiger partial charge in [0.25, 0.3) is 0 Å². The van der Waals surface area contributed by atoms with E-state index in [0.717, 1.165) is 6.92 Å². The first-order valence-electron chi connectivity index (χ1n) is 4.66. The molecule has 0 N–H and O–H groups in total. The fourth-order valence-electron chi connectivity index (χ4n) is 1.10. The van der Waals surface area contributed by atoms with Gasteiger partial charge in [0.1, 0.15) is 5.41 Å². The van der Waals surface area contributed by atoms with Crippen molar-refractivity contribution in [1.82, 2.24) is 0 Å². The zero-order chi connectivity index (χ0) is 13.2. The fraction of sp³-hybridized carbons (Fsp3) is 0.889. The molecule has 1 atom stereocenters. The Hall–Kier alpha value is -0.880. The standard InChI is InChI=1S/C9H13F5O2/c1-4-7(3,6(15)16-5-2)8(10,11)9(12,13)14/h4-5H2,1-3H3. The summed E-state index contributed by atoms with van der Waals surface area (Å²) < 4.78 is 67.0. The molecule has 0 saturated carbocycles. The number of carbonyl (C=O) groups is 1. The van der Waals surface area contributed by atoms with Gasteiger partial charge in [0.15, 0.2) is 0 Å². The lowest BCUT2D eigenvalue weighted by Crippen LogP contribution is -2.54. The number of alkyl halides is 5. The zero-order valence-corrected chi connectivity index (χ0v) is 9.12. The molecule has 0 aliphatic heterocycles. The second-order valence-electron chi connectivity index (χ2n) is 3.48. The van der Waals surface area contributed by atoms with Gasteiger partial charge >= 0.3 is 18.1 Å². The molecule has 0 aliphatic rings. The molecule has 0 bridgehead atoms. The lowest BCUT2D eigenvalue weighted by atomic mass is 9.80. The minimum atomic E-state index is -5.77. The molecule has 0 heterocycles. The Morgan fingerprint density at radius 3 is 1.81 bits per heavy atom. The van der Waals surface area contributed by atoms with Crippen LogP contribution < -0.4 is 0 Å². The van der Waals surface area contributed by atoms with Crippen molar-refractivity contribution >= 4 is 5.97 Å². The van der Waals surface area contributed by atoms with Crippen LogP contribution >= 0.6 is 0 Å². The van der Waals surface area contributed by atoms with E-state index in [1.54, 1.807) is 0 Å². The van der Waals surface area contributed by atoms with E-state index in [1.165, 1.54) is 6.92 Å². The van der Waals surface area contributed by atoms with Crippen molar-refractivity contribution in [2.75, 3.05) is 6.61 Å². The predicted octanol–water partition coefficient (Wildman–Crippen LogP) is 3.16. The van der Waals surface area contributed by atoms with Crippen molar-refractivity contribution in [1.29, 1.82) is 0 Å². The highest BCUT2D eigenvalue weighted by molar-refractivity contribution is 5.77. The van der Waals surface area contributed by atoms with Crippen molar-refractivity contribution in [3.05, 3.63) is 0 Å². The quantitative estimate of drug-likeness (QED) is 0.564. The number of hydrogen-bond acceptors (Lipinski definition) is 2. The third kappa shape index (κ3) is 2.27. The molecular weight excluding hydrogens is 235 g/mol. The number of esters is 1. The first-order chi connectivity index (χ1) is 7.04. The third-order valence-corrected chi connectivity index (χ3v) is 2.48. The average Bonchev–Trinajstić information content (AvgIpc) is 2.14. The number of carbonyl (C=O) groups excluding carboxylic acids is 1. The lowest BCUT2D eigenvalue weighted by molar-refractivity contribution is -0.321. The van der Waals surface area contributed by atoms with Crippen LogP contribution in [-0.4, -0.2) is 24.7 Å². The molecule has 0 aromatic rings. The van der Waals surface area contributed by atoms with Gasteiger partial charge in [-0.15, -0.1) is 0 Å². The summed E-state index contributed by atoms with van der Waals surface area (Å²) in [7, 11) is 0. The lowest BCUT2D eigenvalue weighted by Gasteiger charge is -2.35. The fourth-order valence-corrected chi connectivity index (χ4v) is 1.10. The smallest absolute Gasteiger partial charge is 0.454 e. The van der Waals surface area contributed by atoms with Crippen molar-refractivity contribution in [2.24, 2.45) is 5.41 Å². The summed E-state index contributed by atoms with van der Waals surface area (Å²) in [6, 6.07) is 0. The first kappa shape index (κ1) is 15.1. The van der Waals surface area contributed by atoms with Gasteiger partial charge in [0.05, 0.1) is 6.61 Å². The second-order valence-corrected chi connectivity index (χ2v) is 3.48. The van der Waals surface area contributed by atoms with Gasteiger partial charge < -0.3 is 4.74 Å². The van der Waals surface area contributed by atoms with E-state index in [4.69, 9.17) is 0 Å². The monoisotopic (exact) mass is 248 g/mol.